The molecule has 1 aromatic rings. The highest BCUT2D eigenvalue weighted by atomic mass is 16.7. The van der Waals surface area contributed by atoms with Crippen LogP contribution in [0.1, 0.15) is 12.8 Å². The molecule has 0 aliphatic heterocycles. The van der Waals surface area contributed by atoms with Crippen LogP contribution in [0.2, 0.25) is 0 Å². The normalized spacial score (nSPS) is 10.1. The molecule has 0 amide bonds. The third-order valence-electron chi connectivity index (χ3n) is 1.99. The van der Waals surface area contributed by atoms with Crippen LogP contribution < -0.4 is 5.01 Å². The molecule has 88 valence electrons. The fraction of sp³-hybridized carbons (Fsp3) is 0.444. The zero-order chi connectivity index (χ0) is 12.0. The zero-order valence-corrected chi connectivity index (χ0v) is 8.61. The second-order valence-corrected chi connectivity index (χ2v) is 3.14. The Labute approximate surface area is 92.1 Å². The Bertz CT molecular complexity index is 358. The standard InChI is InChI=1S/C9H13N3O4/c13-7-2-1-6-11(12(15)16)9-8(14)4-3-5-10-9/h3-5,13-14H,1-2,6-7H2. The molecule has 7 heteroatoms. The molecule has 0 unspecified atom stereocenters. The van der Waals surface area contributed by atoms with Gasteiger partial charge >= 0.3 is 0 Å². The summed E-state index contributed by atoms with van der Waals surface area (Å²) in [7, 11) is 0. The number of anilines is 1. The summed E-state index contributed by atoms with van der Waals surface area (Å²) in [6.45, 7) is 0.0812. The number of unbranched alkanes of at least 4 members (excludes halogenated alkanes) is 1. The van der Waals surface area contributed by atoms with Crippen LogP contribution in [0.4, 0.5) is 5.82 Å². The predicted octanol–water partition coefficient (Wildman–Crippen LogP) is 0.558. The average molecular weight is 227 g/mol. The number of nitrogens with zero attached hydrogens (tertiary/aromatic N) is 3. The van der Waals surface area contributed by atoms with Gasteiger partial charge in [-0.05, 0) is 25.0 Å². The van der Waals surface area contributed by atoms with E-state index in [0.717, 1.165) is 5.01 Å². The van der Waals surface area contributed by atoms with Crippen LogP contribution >= 0.6 is 0 Å². The monoisotopic (exact) mass is 227 g/mol. The Hall–Kier alpha value is -1.89. The van der Waals surface area contributed by atoms with E-state index in [4.69, 9.17) is 5.11 Å². The number of hydrogen-bond donors (Lipinski definition) is 2. The molecule has 1 heterocycles. The minimum atomic E-state index is -0.626. The molecule has 0 radical (unpaired) electrons. The van der Waals surface area contributed by atoms with E-state index in [-0.39, 0.29) is 24.7 Å². The van der Waals surface area contributed by atoms with E-state index >= 15 is 0 Å². The molecule has 0 fully saturated rings. The molecule has 0 aliphatic rings. The molecule has 7 nitrogen and oxygen atoms in total. The average Bonchev–Trinajstić information content (AvgIpc) is 2.25. The van der Waals surface area contributed by atoms with Crippen molar-refractivity contribution in [2.75, 3.05) is 18.2 Å². The van der Waals surface area contributed by atoms with Gasteiger partial charge in [-0.3, -0.25) is 0 Å². The zero-order valence-electron chi connectivity index (χ0n) is 8.61. The number of rotatable bonds is 6. The van der Waals surface area contributed by atoms with Crippen molar-refractivity contribution in [3.05, 3.63) is 28.4 Å². The van der Waals surface area contributed by atoms with Crippen molar-refractivity contribution in [2.45, 2.75) is 12.8 Å². The Balaban J connectivity index is 2.78. The highest BCUT2D eigenvalue weighted by Crippen LogP contribution is 2.23. The summed E-state index contributed by atoms with van der Waals surface area (Å²) in [4.78, 5) is 14.5. The molecule has 0 aromatic carbocycles. The highest BCUT2D eigenvalue weighted by Gasteiger charge is 2.21. The topological polar surface area (TPSA) is 99.7 Å². The lowest BCUT2D eigenvalue weighted by molar-refractivity contribution is -0.495. The molecule has 0 spiro atoms. The van der Waals surface area contributed by atoms with Crippen molar-refractivity contribution in [1.29, 1.82) is 0 Å². The molecule has 16 heavy (non-hydrogen) atoms. The van der Waals surface area contributed by atoms with Gasteiger partial charge in [0.25, 0.3) is 0 Å². The molecule has 0 bridgehead atoms. The van der Waals surface area contributed by atoms with Crippen molar-refractivity contribution < 1.29 is 15.2 Å². The maximum atomic E-state index is 10.8. The van der Waals surface area contributed by atoms with Crippen LogP contribution in [-0.4, -0.2) is 33.4 Å². The van der Waals surface area contributed by atoms with E-state index in [2.05, 4.69) is 4.98 Å². The minimum Gasteiger partial charge on any atom is -0.504 e. The van der Waals surface area contributed by atoms with E-state index in [0.29, 0.717) is 12.8 Å². The minimum absolute atomic E-state index is 0.0141. The lowest BCUT2D eigenvalue weighted by atomic mass is 10.3. The third-order valence-corrected chi connectivity index (χ3v) is 1.99. The summed E-state index contributed by atoms with van der Waals surface area (Å²) in [6.07, 6.45) is 2.29. The van der Waals surface area contributed by atoms with E-state index in [9.17, 15) is 15.2 Å². The molecule has 0 saturated carbocycles. The lowest BCUT2D eigenvalue weighted by Crippen LogP contribution is -2.31. The first-order chi connectivity index (χ1) is 7.66. The number of aliphatic hydroxyl groups excluding tert-OH is 1. The van der Waals surface area contributed by atoms with Gasteiger partial charge in [0.2, 0.25) is 5.82 Å². The van der Waals surface area contributed by atoms with Crippen molar-refractivity contribution in [2.24, 2.45) is 0 Å². The van der Waals surface area contributed by atoms with E-state index in [1.165, 1.54) is 18.3 Å². The number of hydrogen-bond acceptors (Lipinski definition) is 5. The van der Waals surface area contributed by atoms with Gasteiger partial charge < -0.3 is 10.2 Å². The molecule has 0 saturated heterocycles. The van der Waals surface area contributed by atoms with E-state index < -0.39 is 5.03 Å². The van der Waals surface area contributed by atoms with Crippen molar-refractivity contribution >= 4 is 5.82 Å². The van der Waals surface area contributed by atoms with Crippen LogP contribution in [0.3, 0.4) is 0 Å². The Morgan fingerprint density at radius 3 is 2.81 bits per heavy atom. The predicted molar refractivity (Wildman–Crippen MR) is 56.6 cm³/mol. The quantitative estimate of drug-likeness (QED) is 0.418. The number of aromatic nitrogens is 1. The van der Waals surface area contributed by atoms with Gasteiger partial charge in [-0.15, -0.1) is 0 Å². The fourth-order valence-electron chi connectivity index (χ4n) is 1.23. The second-order valence-electron chi connectivity index (χ2n) is 3.14. The number of pyridine rings is 1. The molecule has 0 atom stereocenters. The SMILES string of the molecule is O=[N+]([O-])N(CCCCO)c1ncccc1O. The maximum Gasteiger partial charge on any atom is 0.235 e. The number of hydrazine groups is 1. The van der Waals surface area contributed by atoms with Crippen LogP contribution in [0.5, 0.6) is 5.75 Å². The summed E-state index contributed by atoms with van der Waals surface area (Å²) in [5, 5.41) is 28.9. The molecule has 1 rings (SSSR count). The molecule has 2 N–H and O–H groups in total. The Morgan fingerprint density at radius 2 is 2.25 bits per heavy atom. The van der Waals surface area contributed by atoms with Gasteiger partial charge in [0.05, 0.1) is 6.54 Å². The Kier molecular flexibility index (Phi) is 4.46. The molecule has 0 aliphatic carbocycles. The van der Waals surface area contributed by atoms with Crippen molar-refractivity contribution in [1.82, 2.24) is 4.98 Å². The lowest BCUT2D eigenvalue weighted by Gasteiger charge is -2.13. The number of aliphatic hydroxyl groups is 1. The second kappa shape index (κ2) is 5.86. The molecular weight excluding hydrogens is 214 g/mol. The van der Waals surface area contributed by atoms with Crippen LogP contribution in [0, 0.1) is 10.1 Å². The van der Waals surface area contributed by atoms with Crippen LogP contribution in [-0.2, 0) is 0 Å². The highest BCUT2D eigenvalue weighted by molar-refractivity contribution is 5.48. The van der Waals surface area contributed by atoms with Crippen molar-refractivity contribution in [3.63, 3.8) is 0 Å². The van der Waals surface area contributed by atoms with Gasteiger partial charge in [0.15, 0.2) is 10.8 Å². The summed E-state index contributed by atoms with van der Waals surface area (Å²) in [5.41, 5.74) is 0. The fourth-order valence-corrected chi connectivity index (χ4v) is 1.23. The third kappa shape index (κ3) is 3.06. The van der Waals surface area contributed by atoms with Gasteiger partial charge in [-0.25, -0.2) is 15.1 Å². The van der Waals surface area contributed by atoms with Gasteiger partial charge in [-0.1, -0.05) is 5.01 Å². The first kappa shape index (κ1) is 12.2. The van der Waals surface area contributed by atoms with Gasteiger partial charge in [0.1, 0.15) is 0 Å². The summed E-state index contributed by atoms with van der Waals surface area (Å²) in [5.74, 6) is -0.311. The smallest absolute Gasteiger partial charge is 0.235 e. The number of nitro groups is 1. The Morgan fingerprint density at radius 1 is 1.50 bits per heavy atom. The van der Waals surface area contributed by atoms with E-state index in [1.807, 2.05) is 0 Å². The van der Waals surface area contributed by atoms with E-state index in [1.54, 1.807) is 0 Å². The first-order valence-corrected chi connectivity index (χ1v) is 4.83. The van der Waals surface area contributed by atoms with Crippen LogP contribution in [0.15, 0.2) is 18.3 Å². The first-order valence-electron chi connectivity index (χ1n) is 4.83. The number of aromatic hydroxyl groups is 1. The summed E-state index contributed by atoms with van der Waals surface area (Å²) in [6, 6.07) is 2.83. The van der Waals surface area contributed by atoms with Crippen molar-refractivity contribution in [3.8, 4) is 5.75 Å². The van der Waals surface area contributed by atoms with Gasteiger partial charge in [0, 0.05) is 12.8 Å². The molecular formula is C9H13N3O4. The molecule has 1 aromatic heterocycles. The van der Waals surface area contributed by atoms with Gasteiger partial charge in [-0.2, -0.15) is 0 Å². The largest absolute Gasteiger partial charge is 0.504 e. The van der Waals surface area contributed by atoms with Crippen LogP contribution in [0.25, 0.3) is 0 Å². The summed E-state index contributed by atoms with van der Waals surface area (Å²) >= 11 is 0. The maximum absolute atomic E-state index is 10.8. The summed E-state index contributed by atoms with van der Waals surface area (Å²) < 4.78 is 0.